The minimum absolute atomic E-state index is 0.0365. The lowest BCUT2D eigenvalue weighted by molar-refractivity contribution is 0.0908. The van der Waals surface area contributed by atoms with Crippen LogP contribution in [0.15, 0.2) is 30.5 Å². The van der Waals surface area contributed by atoms with Crippen molar-refractivity contribution in [2.45, 2.75) is 13.0 Å². The highest BCUT2D eigenvalue weighted by molar-refractivity contribution is 6.30. The Kier molecular flexibility index (Phi) is 5.18. The van der Waals surface area contributed by atoms with Crippen LogP contribution >= 0.6 is 11.6 Å². The van der Waals surface area contributed by atoms with Gasteiger partial charge in [0.2, 0.25) is 0 Å². The SMILES string of the molecule is CC(=O)c1cc(C(=O)NCC(O)c2ccc(Cl)c(F)c2)n(C)c1. The number of halogens is 2. The summed E-state index contributed by atoms with van der Waals surface area (Å²) < 4.78 is 14.9. The molecule has 2 rings (SSSR count). The highest BCUT2D eigenvalue weighted by atomic mass is 35.5. The molecule has 1 heterocycles. The fourth-order valence-electron chi connectivity index (χ4n) is 2.10. The van der Waals surface area contributed by atoms with Crippen molar-refractivity contribution in [3.8, 4) is 0 Å². The molecule has 0 saturated carbocycles. The van der Waals surface area contributed by atoms with Crippen molar-refractivity contribution in [1.29, 1.82) is 0 Å². The van der Waals surface area contributed by atoms with Crippen LogP contribution in [0.5, 0.6) is 0 Å². The number of benzene rings is 1. The van der Waals surface area contributed by atoms with Gasteiger partial charge in [0.05, 0.1) is 11.1 Å². The Morgan fingerprint density at radius 3 is 2.65 bits per heavy atom. The van der Waals surface area contributed by atoms with Gasteiger partial charge in [-0.2, -0.15) is 0 Å². The van der Waals surface area contributed by atoms with E-state index in [-0.39, 0.29) is 17.4 Å². The van der Waals surface area contributed by atoms with Crippen molar-refractivity contribution >= 4 is 23.3 Å². The van der Waals surface area contributed by atoms with Gasteiger partial charge >= 0.3 is 0 Å². The molecule has 1 aromatic carbocycles. The van der Waals surface area contributed by atoms with Gasteiger partial charge in [0, 0.05) is 25.4 Å². The predicted molar refractivity (Wildman–Crippen MR) is 84.1 cm³/mol. The second-order valence-corrected chi connectivity index (χ2v) is 5.59. The molecule has 2 N–H and O–H groups in total. The molecule has 122 valence electrons. The van der Waals surface area contributed by atoms with Crippen molar-refractivity contribution in [1.82, 2.24) is 9.88 Å². The van der Waals surface area contributed by atoms with Gasteiger partial charge in [-0.25, -0.2) is 4.39 Å². The third kappa shape index (κ3) is 3.97. The number of aliphatic hydroxyl groups excluding tert-OH is 1. The van der Waals surface area contributed by atoms with E-state index >= 15 is 0 Å². The number of hydrogen-bond acceptors (Lipinski definition) is 3. The molecule has 0 radical (unpaired) electrons. The number of aromatic nitrogens is 1. The Labute approximate surface area is 137 Å². The van der Waals surface area contributed by atoms with E-state index < -0.39 is 17.8 Å². The Hall–Kier alpha value is -2.18. The molecule has 0 bridgehead atoms. The summed E-state index contributed by atoms with van der Waals surface area (Å²) in [7, 11) is 1.65. The summed E-state index contributed by atoms with van der Waals surface area (Å²) in [6.45, 7) is 1.32. The highest BCUT2D eigenvalue weighted by Crippen LogP contribution is 2.20. The van der Waals surface area contributed by atoms with Crippen LogP contribution in [-0.4, -0.2) is 27.9 Å². The van der Waals surface area contributed by atoms with Gasteiger partial charge in [0.15, 0.2) is 5.78 Å². The maximum Gasteiger partial charge on any atom is 0.268 e. The Bertz CT molecular complexity index is 758. The molecule has 1 unspecified atom stereocenters. The van der Waals surface area contributed by atoms with E-state index in [9.17, 15) is 19.1 Å². The lowest BCUT2D eigenvalue weighted by Crippen LogP contribution is -2.29. The number of aliphatic hydroxyl groups is 1. The van der Waals surface area contributed by atoms with Gasteiger partial charge in [-0.1, -0.05) is 17.7 Å². The zero-order valence-electron chi connectivity index (χ0n) is 12.6. The molecular formula is C16H16ClFN2O3. The van der Waals surface area contributed by atoms with Crippen LogP contribution < -0.4 is 5.32 Å². The van der Waals surface area contributed by atoms with Crippen LogP contribution in [0.25, 0.3) is 0 Å². The largest absolute Gasteiger partial charge is 0.387 e. The maximum absolute atomic E-state index is 13.4. The summed E-state index contributed by atoms with van der Waals surface area (Å²) in [5.41, 5.74) is 1.03. The molecule has 0 spiro atoms. The molecule has 7 heteroatoms. The summed E-state index contributed by atoms with van der Waals surface area (Å²) in [4.78, 5) is 23.4. The molecule has 0 aliphatic carbocycles. The van der Waals surface area contributed by atoms with E-state index in [1.54, 1.807) is 13.2 Å². The normalized spacial score (nSPS) is 12.0. The van der Waals surface area contributed by atoms with E-state index in [0.717, 1.165) is 6.07 Å². The number of carbonyl (C=O) groups excluding carboxylic acids is 2. The number of rotatable bonds is 5. The van der Waals surface area contributed by atoms with E-state index in [2.05, 4.69) is 5.32 Å². The van der Waals surface area contributed by atoms with Crippen molar-refractivity contribution in [3.05, 3.63) is 58.1 Å². The molecule has 0 fully saturated rings. The van der Waals surface area contributed by atoms with Gasteiger partial charge < -0.3 is 15.0 Å². The minimum Gasteiger partial charge on any atom is -0.387 e. The Morgan fingerprint density at radius 1 is 1.39 bits per heavy atom. The number of hydrogen-bond donors (Lipinski definition) is 2. The first-order valence-electron chi connectivity index (χ1n) is 6.88. The number of aryl methyl sites for hydroxylation is 1. The van der Waals surface area contributed by atoms with Crippen LogP contribution in [-0.2, 0) is 7.05 Å². The summed E-state index contributed by atoms with van der Waals surface area (Å²) in [5.74, 6) is -1.21. The van der Waals surface area contributed by atoms with E-state index in [4.69, 9.17) is 11.6 Å². The lowest BCUT2D eigenvalue weighted by atomic mass is 10.1. The summed E-state index contributed by atoms with van der Waals surface area (Å²) in [5, 5.41) is 12.5. The topological polar surface area (TPSA) is 71.3 Å². The molecule has 0 aliphatic rings. The third-order valence-electron chi connectivity index (χ3n) is 3.43. The van der Waals surface area contributed by atoms with Crippen molar-refractivity contribution in [2.24, 2.45) is 7.05 Å². The van der Waals surface area contributed by atoms with E-state index in [1.807, 2.05) is 0 Å². The summed E-state index contributed by atoms with van der Waals surface area (Å²) in [6, 6.07) is 5.42. The fourth-order valence-corrected chi connectivity index (χ4v) is 2.22. The number of Topliss-reactive ketones (excluding diaryl/α,β-unsaturated/α-hetero) is 1. The van der Waals surface area contributed by atoms with Crippen molar-refractivity contribution in [2.75, 3.05) is 6.54 Å². The van der Waals surface area contributed by atoms with Crippen molar-refractivity contribution in [3.63, 3.8) is 0 Å². The van der Waals surface area contributed by atoms with Gasteiger partial charge in [0.1, 0.15) is 11.5 Å². The standard InChI is InChI=1S/C16H16ClFN2O3/c1-9(21)11-6-14(20(2)8-11)16(23)19-7-15(22)10-3-4-12(17)13(18)5-10/h3-6,8,15,22H,7H2,1-2H3,(H,19,23). The molecule has 5 nitrogen and oxygen atoms in total. The van der Waals surface area contributed by atoms with Gasteiger partial charge in [-0.15, -0.1) is 0 Å². The average Bonchev–Trinajstić information content (AvgIpc) is 2.89. The Morgan fingerprint density at radius 2 is 2.09 bits per heavy atom. The molecular weight excluding hydrogens is 323 g/mol. The first-order chi connectivity index (χ1) is 10.8. The van der Waals surface area contributed by atoms with E-state index in [0.29, 0.717) is 16.8 Å². The molecule has 1 aromatic heterocycles. The molecule has 1 atom stereocenters. The highest BCUT2D eigenvalue weighted by Gasteiger charge is 2.16. The number of nitrogens with zero attached hydrogens (tertiary/aromatic N) is 1. The van der Waals surface area contributed by atoms with Crippen LogP contribution in [0.3, 0.4) is 0 Å². The predicted octanol–water partition coefficient (Wildman–Crippen LogP) is 2.48. The van der Waals surface area contributed by atoms with Gasteiger partial charge in [-0.3, -0.25) is 9.59 Å². The summed E-state index contributed by atoms with van der Waals surface area (Å²) >= 11 is 5.58. The maximum atomic E-state index is 13.4. The smallest absolute Gasteiger partial charge is 0.268 e. The number of ketones is 1. The van der Waals surface area contributed by atoms with Crippen LogP contribution in [0.2, 0.25) is 5.02 Å². The third-order valence-corrected chi connectivity index (χ3v) is 3.74. The molecule has 2 aromatic rings. The molecule has 1 amide bonds. The Balaban J connectivity index is 2.03. The first kappa shape index (κ1) is 17.2. The minimum atomic E-state index is -1.07. The average molecular weight is 339 g/mol. The fraction of sp³-hybridized carbons (Fsp3) is 0.250. The van der Waals surface area contributed by atoms with Crippen LogP contribution in [0.1, 0.15) is 39.4 Å². The second-order valence-electron chi connectivity index (χ2n) is 5.18. The van der Waals surface area contributed by atoms with Gasteiger partial charge in [0.25, 0.3) is 5.91 Å². The number of amides is 1. The lowest BCUT2D eigenvalue weighted by Gasteiger charge is -2.13. The quantitative estimate of drug-likeness (QED) is 0.823. The van der Waals surface area contributed by atoms with Crippen LogP contribution in [0, 0.1) is 5.82 Å². The number of nitrogens with one attached hydrogen (secondary N) is 1. The molecule has 0 aliphatic heterocycles. The molecule has 0 saturated heterocycles. The summed E-state index contributed by atoms with van der Waals surface area (Å²) in [6.07, 6.45) is 0.487. The van der Waals surface area contributed by atoms with Gasteiger partial charge in [-0.05, 0) is 30.7 Å². The zero-order valence-corrected chi connectivity index (χ0v) is 13.4. The molecule has 23 heavy (non-hydrogen) atoms. The second kappa shape index (κ2) is 6.93. The van der Waals surface area contributed by atoms with Crippen molar-refractivity contribution < 1.29 is 19.1 Å². The van der Waals surface area contributed by atoms with E-state index in [1.165, 1.54) is 29.7 Å². The number of carbonyl (C=O) groups is 2. The monoisotopic (exact) mass is 338 g/mol. The van der Waals surface area contributed by atoms with Crippen LogP contribution in [0.4, 0.5) is 4.39 Å². The zero-order chi connectivity index (χ0) is 17.1. The first-order valence-corrected chi connectivity index (χ1v) is 7.26.